The molecule has 0 saturated carbocycles. The van der Waals surface area contributed by atoms with Crippen molar-refractivity contribution in [1.29, 1.82) is 0 Å². The van der Waals surface area contributed by atoms with Gasteiger partial charge in [-0.3, -0.25) is 4.79 Å². The Morgan fingerprint density at radius 3 is 2.60 bits per heavy atom. The Hall–Kier alpha value is -1.17. The number of nitrogens with zero attached hydrogens (tertiary/aromatic N) is 2. The fourth-order valence-corrected chi connectivity index (χ4v) is 4.24. The van der Waals surface area contributed by atoms with Gasteiger partial charge < -0.3 is 14.9 Å². The Morgan fingerprint density at radius 2 is 1.92 bits per heavy atom. The van der Waals surface area contributed by atoms with E-state index in [1.165, 1.54) is 25.3 Å². The molecule has 2 fully saturated rings. The topological polar surface area (TPSA) is 43.8 Å². The number of carbonyl (C=O) groups excluding carboxylic acids is 1. The fraction of sp³-hybridized carbons (Fsp3) is 0.632. The zero-order valence-electron chi connectivity index (χ0n) is 14.7. The highest BCUT2D eigenvalue weighted by atomic mass is 35.5. The first-order chi connectivity index (χ1) is 12.0. The van der Waals surface area contributed by atoms with Crippen LogP contribution < -0.4 is 0 Å². The third-order valence-electron chi connectivity index (χ3n) is 5.54. The van der Waals surface area contributed by atoms with Crippen molar-refractivity contribution in [1.82, 2.24) is 9.80 Å². The number of carbonyl (C=O) groups is 1. The molecular formula is C19H26ClFN2O2. The quantitative estimate of drug-likeness (QED) is 0.888. The minimum Gasteiger partial charge on any atom is -0.396 e. The number of likely N-dealkylation sites (tertiary alicyclic amines) is 2. The summed E-state index contributed by atoms with van der Waals surface area (Å²) in [7, 11) is 0. The SMILES string of the molecule is Cc1ccc(F)c(C(=O)N2C[C@@H](CN3CCCCC3)[C@@H](CO)C2)c1Cl. The van der Waals surface area contributed by atoms with E-state index in [1.54, 1.807) is 17.9 Å². The maximum absolute atomic E-state index is 14.2. The zero-order valence-corrected chi connectivity index (χ0v) is 15.4. The van der Waals surface area contributed by atoms with Gasteiger partial charge in [-0.25, -0.2) is 4.39 Å². The van der Waals surface area contributed by atoms with E-state index in [4.69, 9.17) is 11.6 Å². The highest BCUT2D eigenvalue weighted by molar-refractivity contribution is 6.34. The molecule has 0 radical (unpaired) electrons. The van der Waals surface area contributed by atoms with E-state index in [0.717, 1.165) is 19.6 Å². The summed E-state index contributed by atoms with van der Waals surface area (Å²) in [6.45, 7) is 5.87. The van der Waals surface area contributed by atoms with E-state index in [1.807, 2.05) is 0 Å². The molecule has 1 aromatic rings. The number of piperidine rings is 1. The minimum atomic E-state index is -0.583. The van der Waals surface area contributed by atoms with Gasteiger partial charge in [0.05, 0.1) is 10.6 Å². The van der Waals surface area contributed by atoms with E-state index in [0.29, 0.717) is 18.7 Å². The van der Waals surface area contributed by atoms with Crippen LogP contribution in [-0.4, -0.2) is 60.1 Å². The summed E-state index contributed by atoms with van der Waals surface area (Å²) in [5, 5.41) is 9.92. The van der Waals surface area contributed by atoms with Gasteiger partial charge in [0.2, 0.25) is 0 Å². The lowest BCUT2D eigenvalue weighted by Crippen LogP contribution is -2.37. The number of amides is 1. The minimum absolute atomic E-state index is 0.0394. The lowest BCUT2D eigenvalue weighted by atomic mass is 9.95. The van der Waals surface area contributed by atoms with E-state index in [-0.39, 0.29) is 34.9 Å². The molecule has 1 N–H and O–H groups in total. The number of hydrogen-bond acceptors (Lipinski definition) is 3. The molecule has 1 aromatic carbocycles. The molecule has 4 nitrogen and oxygen atoms in total. The lowest BCUT2D eigenvalue weighted by molar-refractivity contribution is 0.0774. The van der Waals surface area contributed by atoms with Crippen LogP contribution in [0.2, 0.25) is 5.02 Å². The molecule has 25 heavy (non-hydrogen) atoms. The van der Waals surface area contributed by atoms with Gasteiger partial charge in [0.25, 0.3) is 5.91 Å². The number of hydrogen-bond donors (Lipinski definition) is 1. The first-order valence-electron chi connectivity index (χ1n) is 9.08. The molecule has 0 aliphatic carbocycles. The van der Waals surface area contributed by atoms with Crippen LogP contribution >= 0.6 is 11.6 Å². The number of aryl methyl sites for hydroxylation is 1. The summed E-state index contributed by atoms with van der Waals surface area (Å²) in [6.07, 6.45) is 3.70. The number of halogens is 2. The van der Waals surface area contributed by atoms with Crippen molar-refractivity contribution >= 4 is 17.5 Å². The summed E-state index contributed by atoms with van der Waals surface area (Å²) in [5.74, 6) is -0.692. The van der Waals surface area contributed by atoms with Crippen molar-refractivity contribution < 1.29 is 14.3 Å². The van der Waals surface area contributed by atoms with Crippen LogP contribution in [0.5, 0.6) is 0 Å². The van der Waals surface area contributed by atoms with Crippen LogP contribution in [0, 0.1) is 24.6 Å². The summed E-state index contributed by atoms with van der Waals surface area (Å²) in [6, 6.07) is 2.87. The van der Waals surface area contributed by atoms with Crippen LogP contribution in [0.25, 0.3) is 0 Å². The largest absolute Gasteiger partial charge is 0.396 e. The molecule has 6 heteroatoms. The maximum atomic E-state index is 14.2. The third-order valence-corrected chi connectivity index (χ3v) is 6.02. The van der Waals surface area contributed by atoms with E-state index in [2.05, 4.69) is 4.90 Å². The Labute approximate surface area is 153 Å². The molecule has 0 spiro atoms. The van der Waals surface area contributed by atoms with Crippen LogP contribution in [0.4, 0.5) is 4.39 Å². The van der Waals surface area contributed by atoms with Crippen molar-refractivity contribution in [3.05, 3.63) is 34.1 Å². The van der Waals surface area contributed by atoms with Crippen LogP contribution in [0.15, 0.2) is 12.1 Å². The van der Waals surface area contributed by atoms with Gasteiger partial charge in [-0.15, -0.1) is 0 Å². The first-order valence-corrected chi connectivity index (χ1v) is 9.46. The van der Waals surface area contributed by atoms with Crippen LogP contribution in [-0.2, 0) is 0 Å². The predicted molar refractivity (Wildman–Crippen MR) is 96.4 cm³/mol. The van der Waals surface area contributed by atoms with Crippen molar-refractivity contribution in [3.8, 4) is 0 Å². The van der Waals surface area contributed by atoms with Gasteiger partial charge >= 0.3 is 0 Å². The van der Waals surface area contributed by atoms with Crippen molar-refractivity contribution in [2.45, 2.75) is 26.2 Å². The fourth-order valence-electron chi connectivity index (χ4n) is 4.00. The number of aliphatic hydroxyl groups is 1. The maximum Gasteiger partial charge on any atom is 0.258 e. The summed E-state index contributed by atoms with van der Waals surface area (Å²) in [5.41, 5.74) is 0.645. The number of aliphatic hydroxyl groups excluding tert-OH is 1. The molecule has 0 unspecified atom stereocenters. The summed E-state index contributed by atoms with van der Waals surface area (Å²) in [4.78, 5) is 16.9. The molecular weight excluding hydrogens is 343 g/mol. The summed E-state index contributed by atoms with van der Waals surface area (Å²) < 4.78 is 14.2. The van der Waals surface area contributed by atoms with Gasteiger partial charge in [-0.2, -0.15) is 0 Å². The highest BCUT2D eigenvalue weighted by Crippen LogP contribution is 2.30. The molecule has 0 aromatic heterocycles. The van der Waals surface area contributed by atoms with Crippen LogP contribution in [0.3, 0.4) is 0 Å². The molecule has 0 bridgehead atoms. The normalized spacial score (nSPS) is 24.7. The van der Waals surface area contributed by atoms with E-state index >= 15 is 0 Å². The molecule has 2 heterocycles. The predicted octanol–water partition coefficient (Wildman–Crippen LogP) is 2.95. The molecule has 138 valence electrons. The second kappa shape index (κ2) is 8.02. The van der Waals surface area contributed by atoms with Gasteiger partial charge in [0.1, 0.15) is 5.82 Å². The zero-order chi connectivity index (χ0) is 18.0. The van der Waals surface area contributed by atoms with E-state index in [9.17, 15) is 14.3 Å². The Bertz CT molecular complexity index is 634. The number of benzene rings is 1. The molecule has 2 aliphatic heterocycles. The number of rotatable bonds is 4. The average molecular weight is 369 g/mol. The smallest absolute Gasteiger partial charge is 0.258 e. The Morgan fingerprint density at radius 1 is 1.24 bits per heavy atom. The van der Waals surface area contributed by atoms with E-state index < -0.39 is 5.82 Å². The van der Waals surface area contributed by atoms with Gasteiger partial charge in [0, 0.05) is 32.2 Å². The van der Waals surface area contributed by atoms with Gasteiger partial charge in [0.15, 0.2) is 0 Å². The molecule has 1 amide bonds. The molecule has 2 atom stereocenters. The standard InChI is InChI=1S/C19H26ClFN2O2/c1-13-5-6-16(21)17(18(13)20)19(25)23-10-14(15(11-23)12-24)9-22-7-3-2-4-8-22/h5-6,14-15,24H,2-4,7-12H2,1H3/t14-,15-/m1/s1. The molecule has 2 saturated heterocycles. The second-order valence-electron chi connectivity index (χ2n) is 7.33. The molecule has 3 rings (SSSR count). The van der Waals surface area contributed by atoms with Crippen LogP contribution in [0.1, 0.15) is 35.2 Å². The second-order valence-corrected chi connectivity index (χ2v) is 7.71. The monoisotopic (exact) mass is 368 g/mol. The lowest BCUT2D eigenvalue weighted by Gasteiger charge is -2.30. The Balaban J connectivity index is 1.73. The summed E-state index contributed by atoms with van der Waals surface area (Å²) >= 11 is 6.19. The third kappa shape index (κ3) is 3.99. The first kappa shape index (κ1) is 18.6. The van der Waals surface area contributed by atoms with Crippen molar-refractivity contribution in [2.75, 3.05) is 39.3 Å². The van der Waals surface area contributed by atoms with Crippen molar-refractivity contribution in [2.24, 2.45) is 11.8 Å². The van der Waals surface area contributed by atoms with Gasteiger partial charge in [-0.05, 0) is 50.4 Å². The average Bonchev–Trinajstić information content (AvgIpc) is 3.02. The molecule has 2 aliphatic rings. The highest BCUT2D eigenvalue weighted by Gasteiger charge is 2.37. The van der Waals surface area contributed by atoms with Crippen molar-refractivity contribution in [3.63, 3.8) is 0 Å². The Kier molecular flexibility index (Phi) is 5.97. The van der Waals surface area contributed by atoms with Gasteiger partial charge in [-0.1, -0.05) is 24.1 Å².